The van der Waals surface area contributed by atoms with E-state index >= 15 is 0 Å². The third kappa shape index (κ3) is 1.77. The van der Waals surface area contributed by atoms with Crippen molar-refractivity contribution in [1.82, 2.24) is 19.9 Å². The van der Waals surface area contributed by atoms with Gasteiger partial charge in [0, 0.05) is 11.9 Å². The van der Waals surface area contributed by atoms with E-state index in [4.69, 9.17) is 0 Å². The first-order chi connectivity index (χ1) is 7.72. The molecule has 0 saturated carbocycles. The Hall–Kier alpha value is -2.24. The van der Waals surface area contributed by atoms with E-state index in [1.165, 1.54) is 13.4 Å². The van der Waals surface area contributed by atoms with E-state index in [0.717, 1.165) is 0 Å². The predicted molar refractivity (Wildman–Crippen MR) is 55.7 cm³/mol. The van der Waals surface area contributed by atoms with Crippen molar-refractivity contribution in [2.75, 3.05) is 7.11 Å². The highest BCUT2D eigenvalue weighted by molar-refractivity contribution is 5.89. The van der Waals surface area contributed by atoms with Crippen LogP contribution in [0.4, 0.5) is 0 Å². The third-order valence-corrected chi connectivity index (χ3v) is 2.09. The zero-order chi connectivity index (χ0) is 11.5. The summed E-state index contributed by atoms with van der Waals surface area (Å²) in [7, 11) is 1.32. The fourth-order valence-corrected chi connectivity index (χ4v) is 1.31. The van der Waals surface area contributed by atoms with Crippen molar-refractivity contribution in [2.24, 2.45) is 0 Å². The van der Waals surface area contributed by atoms with Crippen molar-refractivity contribution in [3.05, 3.63) is 30.0 Å². The second-order valence-corrected chi connectivity index (χ2v) is 3.15. The first-order valence-corrected chi connectivity index (χ1v) is 4.63. The highest BCUT2D eigenvalue weighted by Gasteiger charge is 2.16. The molecule has 0 saturated heterocycles. The van der Waals surface area contributed by atoms with Gasteiger partial charge in [-0.05, 0) is 13.0 Å². The number of hydrogen-bond acceptors (Lipinski definition) is 5. The van der Waals surface area contributed by atoms with E-state index in [1.54, 1.807) is 19.2 Å². The van der Waals surface area contributed by atoms with Gasteiger partial charge in [0.1, 0.15) is 12.0 Å². The zero-order valence-corrected chi connectivity index (χ0v) is 8.89. The zero-order valence-electron chi connectivity index (χ0n) is 8.89. The lowest BCUT2D eigenvalue weighted by atomic mass is 10.3. The molecule has 0 aliphatic heterocycles. The molecule has 2 rings (SSSR count). The molecule has 0 aliphatic rings. The molecule has 6 heteroatoms. The molecule has 0 unspecified atom stereocenters. The highest BCUT2D eigenvalue weighted by Crippen LogP contribution is 2.15. The van der Waals surface area contributed by atoms with E-state index < -0.39 is 5.97 Å². The number of carbonyl (C=O) groups excluding carboxylic acids is 1. The van der Waals surface area contributed by atoms with Crippen molar-refractivity contribution < 1.29 is 9.53 Å². The lowest BCUT2D eigenvalue weighted by Crippen LogP contribution is -2.03. The van der Waals surface area contributed by atoms with Crippen molar-refractivity contribution in [3.8, 4) is 11.5 Å². The van der Waals surface area contributed by atoms with Gasteiger partial charge in [-0.25, -0.2) is 19.7 Å². The van der Waals surface area contributed by atoms with Gasteiger partial charge in [-0.2, -0.15) is 0 Å². The summed E-state index contributed by atoms with van der Waals surface area (Å²) in [5.41, 5.74) is 1.56. The normalized spacial score (nSPS) is 10.1. The van der Waals surface area contributed by atoms with Crippen LogP contribution in [0.3, 0.4) is 0 Å². The summed E-state index contributed by atoms with van der Waals surface area (Å²) in [5, 5.41) is 0. The van der Waals surface area contributed by atoms with Crippen molar-refractivity contribution in [1.29, 1.82) is 0 Å². The number of aromatic amines is 1. The molecule has 82 valence electrons. The molecule has 16 heavy (non-hydrogen) atoms. The quantitative estimate of drug-likeness (QED) is 0.759. The summed E-state index contributed by atoms with van der Waals surface area (Å²) in [6.07, 6.45) is 3.03. The Balaban J connectivity index is 2.42. The van der Waals surface area contributed by atoms with Crippen molar-refractivity contribution in [3.63, 3.8) is 0 Å². The van der Waals surface area contributed by atoms with E-state index in [0.29, 0.717) is 17.2 Å². The molecule has 0 spiro atoms. The first kappa shape index (κ1) is 10.3. The average molecular weight is 218 g/mol. The summed E-state index contributed by atoms with van der Waals surface area (Å²) in [5.74, 6) is 0.0642. The van der Waals surface area contributed by atoms with Crippen LogP contribution in [0.2, 0.25) is 0 Å². The van der Waals surface area contributed by atoms with Crippen LogP contribution in [0, 0.1) is 6.92 Å². The van der Waals surface area contributed by atoms with Crippen LogP contribution in [-0.4, -0.2) is 33.0 Å². The number of carbonyl (C=O) groups is 1. The Morgan fingerprint density at radius 2 is 2.31 bits per heavy atom. The van der Waals surface area contributed by atoms with Gasteiger partial charge >= 0.3 is 5.97 Å². The van der Waals surface area contributed by atoms with Crippen LogP contribution in [0.5, 0.6) is 0 Å². The number of methoxy groups -OCH3 is 1. The number of nitrogens with zero attached hydrogens (tertiary/aromatic N) is 3. The number of nitrogens with one attached hydrogen (secondary N) is 1. The minimum atomic E-state index is -0.464. The van der Waals surface area contributed by atoms with Crippen LogP contribution < -0.4 is 0 Å². The Kier molecular flexibility index (Phi) is 2.63. The van der Waals surface area contributed by atoms with Crippen molar-refractivity contribution in [2.45, 2.75) is 6.92 Å². The number of aryl methyl sites for hydroxylation is 1. The molecule has 0 radical (unpaired) electrons. The Morgan fingerprint density at radius 1 is 1.50 bits per heavy atom. The Bertz CT molecular complexity index is 507. The monoisotopic (exact) mass is 218 g/mol. The molecule has 2 aromatic heterocycles. The number of aromatic nitrogens is 4. The molecule has 0 bridgehead atoms. The maximum atomic E-state index is 11.3. The van der Waals surface area contributed by atoms with Crippen LogP contribution in [-0.2, 0) is 4.74 Å². The SMILES string of the molecule is COC(=O)c1nc(-c2ccncn2)[nH]c1C. The van der Waals surface area contributed by atoms with Gasteiger partial charge in [0.25, 0.3) is 0 Å². The third-order valence-electron chi connectivity index (χ3n) is 2.09. The Morgan fingerprint density at radius 3 is 2.94 bits per heavy atom. The second kappa shape index (κ2) is 4.09. The molecular weight excluding hydrogens is 208 g/mol. The molecule has 0 fully saturated rings. The maximum Gasteiger partial charge on any atom is 0.358 e. The van der Waals surface area contributed by atoms with Crippen LogP contribution >= 0.6 is 0 Å². The number of ether oxygens (including phenoxy) is 1. The molecule has 2 heterocycles. The average Bonchev–Trinajstić information content (AvgIpc) is 2.71. The smallest absolute Gasteiger partial charge is 0.358 e. The predicted octanol–water partition coefficient (Wildman–Crippen LogP) is 0.962. The largest absolute Gasteiger partial charge is 0.464 e. The number of imidazole rings is 1. The standard InChI is InChI=1S/C10H10N4O2/c1-6-8(10(15)16-2)14-9(13-6)7-3-4-11-5-12-7/h3-5H,1-2H3,(H,13,14). The van der Waals surface area contributed by atoms with Gasteiger partial charge in [-0.1, -0.05) is 0 Å². The summed E-state index contributed by atoms with van der Waals surface area (Å²) >= 11 is 0. The number of hydrogen-bond donors (Lipinski definition) is 1. The van der Waals surface area contributed by atoms with Crippen LogP contribution in [0.15, 0.2) is 18.6 Å². The minimum Gasteiger partial charge on any atom is -0.464 e. The summed E-state index contributed by atoms with van der Waals surface area (Å²) in [6.45, 7) is 1.75. The van der Waals surface area contributed by atoms with Gasteiger partial charge in [0.2, 0.25) is 0 Å². The van der Waals surface area contributed by atoms with E-state index in [1.807, 2.05) is 0 Å². The molecule has 1 N–H and O–H groups in total. The molecule has 0 aliphatic carbocycles. The lowest BCUT2D eigenvalue weighted by Gasteiger charge is -1.93. The van der Waals surface area contributed by atoms with Crippen LogP contribution in [0.25, 0.3) is 11.5 Å². The highest BCUT2D eigenvalue weighted by atomic mass is 16.5. The number of H-pyrrole nitrogens is 1. The summed E-state index contributed by atoms with van der Waals surface area (Å²) in [6, 6.07) is 1.71. The van der Waals surface area contributed by atoms with E-state index in [2.05, 4.69) is 24.7 Å². The molecule has 2 aromatic rings. The minimum absolute atomic E-state index is 0.274. The summed E-state index contributed by atoms with van der Waals surface area (Å²) in [4.78, 5) is 26.3. The first-order valence-electron chi connectivity index (χ1n) is 4.63. The number of esters is 1. The van der Waals surface area contributed by atoms with Gasteiger partial charge in [0.15, 0.2) is 11.5 Å². The van der Waals surface area contributed by atoms with Crippen molar-refractivity contribution >= 4 is 5.97 Å². The van der Waals surface area contributed by atoms with E-state index in [9.17, 15) is 4.79 Å². The maximum absolute atomic E-state index is 11.3. The molecule has 6 nitrogen and oxygen atoms in total. The molecule has 0 aromatic carbocycles. The molecule has 0 amide bonds. The molecular formula is C10H10N4O2. The summed E-state index contributed by atoms with van der Waals surface area (Å²) < 4.78 is 4.61. The fraction of sp³-hybridized carbons (Fsp3) is 0.200. The van der Waals surface area contributed by atoms with Crippen LogP contribution in [0.1, 0.15) is 16.2 Å². The Labute approximate surface area is 91.7 Å². The lowest BCUT2D eigenvalue weighted by molar-refractivity contribution is 0.0594. The second-order valence-electron chi connectivity index (χ2n) is 3.15. The topological polar surface area (TPSA) is 80.8 Å². The van der Waals surface area contributed by atoms with Gasteiger partial charge in [-0.15, -0.1) is 0 Å². The number of rotatable bonds is 2. The van der Waals surface area contributed by atoms with Gasteiger partial charge in [-0.3, -0.25) is 0 Å². The molecule has 0 atom stereocenters. The van der Waals surface area contributed by atoms with Gasteiger partial charge < -0.3 is 9.72 Å². The van der Waals surface area contributed by atoms with Gasteiger partial charge in [0.05, 0.1) is 7.11 Å². The van der Waals surface area contributed by atoms with E-state index in [-0.39, 0.29) is 5.69 Å². The fourth-order valence-electron chi connectivity index (χ4n) is 1.31.